The molecule has 2 saturated carbocycles. The first-order valence-electron chi connectivity index (χ1n) is 8.77. The number of ether oxygens (including phenoxy) is 2. The number of nitrogens with zero attached hydrogens (tertiary/aromatic N) is 1. The summed E-state index contributed by atoms with van der Waals surface area (Å²) in [6, 6.07) is 0. The van der Waals surface area contributed by atoms with E-state index in [4.69, 9.17) is 9.47 Å². The van der Waals surface area contributed by atoms with Crippen LogP contribution in [0.25, 0.3) is 0 Å². The van der Waals surface area contributed by atoms with Gasteiger partial charge in [0.05, 0.1) is 31.5 Å². The number of likely N-dealkylation sites (N-methyl/N-ethyl adjacent to an activating group) is 1. The Labute approximate surface area is 132 Å². The lowest BCUT2D eigenvalue weighted by Crippen LogP contribution is -2.50. The fourth-order valence-corrected chi connectivity index (χ4v) is 4.91. The van der Waals surface area contributed by atoms with E-state index < -0.39 is 0 Å². The molecule has 1 aliphatic heterocycles. The number of quaternary nitrogens is 1. The van der Waals surface area contributed by atoms with E-state index in [0.29, 0.717) is 12.5 Å². The van der Waals surface area contributed by atoms with Crippen LogP contribution in [0, 0.1) is 23.7 Å². The van der Waals surface area contributed by atoms with Crippen molar-refractivity contribution in [2.75, 3.05) is 32.8 Å². The van der Waals surface area contributed by atoms with Crippen LogP contribution in [0.5, 0.6) is 0 Å². The van der Waals surface area contributed by atoms with Crippen LogP contribution in [0.3, 0.4) is 0 Å². The van der Waals surface area contributed by atoms with Crippen molar-refractivity contribution in [2.45, 2.75) is 39.7 Å². The first-order valence-corrected chi connectivity index (χ1v) is 8.77. The standard InChI is InChI=1S/C17H28NO4/c1-4-18(5-2,6-3)7-8-21-16(19)14-11-9-12-13(10-11)22-17(20)15(12)14/h11-15H,4-10H2,1-3H3/q+1/t11-,12-,13+,14+,15-/m0/s1. The summed E-state index contributed by atoms with van der Waals surface area (Å²) >= 11 is 0. The van der Waals surface area contributed by atoms with E-state index in [0.717, 1.165) is 43.5 Å². The largest absolute Gasteiger partial charge is 0.462 e. The Bertz CT molecular complexity index is 449. The van der Waals surface area contributed by atoms with E-state index in [1.54, 1.807) is 0 Å². The topological polar surface area (TPSA) is 52.6 Å². The molecular formula is C17H28NO4+. The third-order valence-electron chi connectivity index (χ3n) is 6.58. The first-order chi connectivity index (χ1) is 10.5. The maximum absolute atomic E-state index is 12.5. The van der Waals surface area contributed by atoms with Gasteiger partial charge in [-0.2, -0.15) is 0 Å². The van der Waals surface area contributed by atoms with Gasteiger partial charge in [-0.25, -0.2) is 0 Å². The number of hydrogen-bond donors (Lipinski definition) is 0. The van der Waals surface area contributed by atoms with E-state index >= 15 is 0 Å². The number of carbonyl (C=O) groups excluding carboxylic acids is 2. The van der Waals surface area contributed by atoms with Crippen molar-refractivity contribution >= 4 is 11.9 Å². The summed E-state index contributed by atoms with van der Waals surface area (Å²) in [4.78, 5) is 24.4. The molecule has 3 rings (SSSR count). The number of hydrogen-bond acceptors (Lipinski definition) is 4. The minimum absolute atomic E-state index is 0.0798. The second-order valence-corrected chi connectivity index (χ2v) is 7.10. The monoisotopic (exact) mass is 310 g/mol. The molecule has 1 heterocycles. The smallest absolute Gasteiger partial charge is 0.310 e. The molecule has 5 nitrogen and oxygen atoms in total. The van der Waals surface area contributed by atoms with Gasteiger partial charge in [-0.1, -0.05) is 0 Å². The average molecular weight is 310 g/mol. The van der Waals surface area contributed by atoms with Gasteiger partial charge in [0.25, 0.3) is 0 Å². The third-order valence-corrected chi connectivity index (χ3v) is 6.58. The van der Waals surface area contributed by atoms with E-state index in [-0.39, 0.29) is 35.8 Å². The zero-order chi connectivity index (χ0) is 15.9. The highest BCUT2D eigenvalue weighted by molar-refractivity contribution is 5.85. The van der Waals surface area contributed by atoms with Crippen LogP contribution >= 0.6 is 0 Å². The van der Waals surface area contributed by atoms with E-state index in [9.17, 15) is 9.59 Å². The molecule has 5 heteroatoms. The Morgan fingerprint density at radius 3 is 2.55 bits per heavy atom. The summed E-state index contributed by atoms with van der Waals surface area (Å²) in [5.74, 6) is -0.246. The summed E-state index contributed by atoms with van der Waals surface area (Å²) in [5, 5.41) is 0. The molecule has 1 saturated heterocycles. The fourth-order valence-electron chi connectivity index (χ4n) is 4.91. The molecule has 5 atom stereocenters. The molecule has 2 aliphatic carbocycles. The van der Waals surface area contributed by atoms with Gasteiger partial charge in [0.1, 0.15) is 19.3 Å². The van der Waals surface area contributed by atoms with Crippen molar-refractivity contribution in [1.29, 1.82) is 0 Å². The predicted octanol–water partition coefficient (Wildman–Crippen LogP) is 1.60. The van der Waals surface area contributed by atoms with Crippen LogP contribution in [-0.4, -0.2) is 55.3 Å². The molecule has 0 radical (unpaired) electrons. The molecule has 0 aromatic rings. The maximum atomic E-state index is 12.5. The molecule has 0 spiro atoms. The lowest BCUT2D eigenvalue weighted by molar-refractivity contribution is -0.923. The van der Waals surface area contributed by atoms with Crippen molar-refractivity contribution in [2.24, 2.45) is 23.7 Å². The van der Waals surface area contributed by atoms with Gasteiger partial charge in [0.15, 0.2) is 0 Å². The maximum Gasteiger partial charge on any atom is 0.310 e. The number of esters is 2. The van der Waals surface area contributed by atoms with Gasteiger partial charge in [-0.15, -0.1) is 0 Å². The minimum atomic E-state index is -0.247. The van der Waals surface area contributed by atoms with Crippen LogP contribution in [-0.2, 0) is 19.1 Å². The molecule has 3 aliphatic rings. The lowest BCUT2D eigenvalue weighted by Gasteiger charge is -2.35. The van der Waals surface area contributed by atoms with Gasteiger partial charge in [0, 0.05) is 5.92 Å². The van der Waals surface area contributed by atoms with Gasteiger partial charge in [0.2, 0.25) is 0 Å². The lowest BCUT2D eigenvalue weighted by atomic mass is 9.80. The molecular weight excluding hydrogens is 282 g/mol. The first kappa shape index (κ1) is 15.8. The van der Waals surface area contributed by atoms with E-state index in [1.807, 2.05) is 0 Å². The Balaban J connectivity index is 1.56. The molecule has 124 valence electrons. The van der Waals surface area contributed by atoms with Crippen LogP contribution in [0.1, 0.15) is 33.6 Å². The summed E-state index contributed by atoms with van der Waals surface area (Å²) in [7, 11) is 0. The third kappa shape index (κ3) is 2.34. The van der Waals surface area contributed by atoms with Gasteiger partial charge >= 0.3 is 11.9 Å². The zero-order valence-corrected chi connectivity index (χ0v) is 13.9. The minimum Gasteiger partial charge on any atom is -0.462 e. The summed E-state index contributed by atoms with van der Waals surface area (Å²) in [6.45, 7) is 11.0. The second kappa shape index (κ2) is 5.84. The Hall–Kier alpha value is -1.10. The van der Waals surface area contributed by atoms with Crippen LogP contribution < -0.4 is 0 Å². The molecule has 0 amide bonds. The van der Waals surface area contributed by atoms with Crippen LogP contribution in [0.15, 0.2) is 0 Å². The van der Waals surface area contributed by atoms with E-state index in [1.165, 1.54) is 0 Å². The van der Waals surface area contributed by atoms with Crippen molar-refractivity contribution in [3.05, 3.63) is 0 Å². The molecule has 0 aromatic heterocycles. The normalized spacial score (nSPS) is 35.8. The number of rotatable bonds is 7. The van der Waals surface area contributed by atoms with Crippen molar-refractivity contribution in [3.63, 3.8) is 0 Å². The Morgan fingerprint density at radius 2 is 1.91 bits per heavy atom. The molecule has 0 unspecified atom stereocenters. The zero-order valence-electron chi connectivity index (χ0n) is 13.9. The van der Waals surface area contributed by atoms with Gasteiger partial charge in [-0.3, -0.25) is 9.59 Å². The van der Waals surface area contributed by atoms with E-state index in [2.05, 4.69) is 20.8 Å². The molecule has 0 aromatic carbocycles. The quantitative estimate of drug-likeness (QED) is 0.529. The molecule has 0 N–H and O–H groups in total. The Kier molecular flexibility index (Phi) is 4.19. The molecule has 3 fully saturated rings. The second-order valence-electron chi connectivity index (χ2n) is 7.10. The predicted molar refractivity (Wildman–Crippen MR) is 80.8 cm³/mol. The molecule has 2 bridgehead atoms. The fraction of sp³-hybridized carbons (Fsp3) is 0.882. The Morgan fingerprint density at radius 1 is 1.23 bits per heavy atom. The summed E-state index contributed by atoms with van der Waals surface area (Å²) in [5.41, 5.74) is 0. The highest BCUT2D eigenvalue weighted by Gasteiger charge is 2.64. The number of carbonyl (C=O) groups is 2. The average Bonchev–Trinajstić information content (AvgIpc) is 3.13. The number of fused-ring (bicyclic) bond motifs is 1. The highest BCUT2D eigenvalue weighted by atomic mass is 16.6. The van der Waals surface area contributed by atoms with Crippen molar-refractivity contribution in [3.8, 4) is 0 Å². The SMILES string of the molecule is CC[N+](CC)(CC)CCOC(=O)[C@@H]1[C@H]2C[C@@H]3[C@@H]1C(=O)O[C@@H]3C2. The van der Waals surface area contributed by atoms with Gasteiger partial charge in [-0.05, 0) is 39.5 Å². The highest BCUT2D eigenvalue weighted by Crippen LogP contribution is 2.57. The van der Waals surface area contributed by atoms with Crippen molar-refractivity contribution < 1.29 is 23.5 Å². The van der Waals surface area contributed by atoms with Gasteiger partial charge < -0.3 is 14.0 Å². The molecule has 22 heavy (non-hydrogen) atoms. The van der Waals surface area contributed by atoms with Crippen LogP contribution in [0.4, 0.5) is 0 Å². The summed E-state index contributed by atoms with van der Waals surface area (Å²) in [6.07, 6.45) is 1.89. The summed E-state index contributed by atoms with van der Waals surface area (Å²) < 4.78 is 11.9. The van der Waals surface area contributed by atoms with Crippen molar-refractivity contribution in [1.82, 2.24) is 0 Å². The van der Waals surface area contributed by atoms with Crippen LogP contribution in [0.2, 0.25) is 0 Å².